The summed E-state index contributed by atoms with van der Waals surface area (Å²) in [6.07, 6.45) is 0. The molecule has 88 valence electrons. The van der Waals surface area contributed by atoms with Gasteiger partial charge in [0.1, 0.15) is 0 Å². The first-order valence-corrected chi connectivity index (χ1v) is 6.12. The highest BCUT2D eigenvalue weighted by Gasteiger charge is 2.19. The van der Waals surface area contributed by atoms with E-state index in [4.69, 9.17) is 5.73 Å². The molecule has 0 saturated heterocycles. The van der Waals surface area contributed by atoms with Gasteiger partial charge in [0.05, 0.1) is 5.56 Å². The van der Waals surface area contributed by atoms with E-state index in [1.807, 2.05) is 26.8 Å². The minimum atomic E-state index is -0.0173. The van der Waals surface area contributed by atoms with Crippen LogP contribution in [0.1, 0.15) is 31.1 Å². The number of nitrogens with two attached hydrogens (primary N) is 1. The molecule has 3 nitrogen and oxygen atoms in total. The number of anilines is 1. The number of rotatable bonds is 3. The van der Waals surface area contributed by atoms with E-state index in [1.54, 1.807) is 17.0 Å². The van der Waals surface area contributed by atoms with Crippen LogP contribution in [0.25, 0.3) is 0 Å². The maximum Gasteiger partial charge on any atom is 0.256 e. The van der Waals surface area contributed by atoms with Gasteiger partial charge in [-0.05, 0) is 39.0 Å². The highest BCUT2D eigenvalue weighted by atomic mass is 79.9. The van der Waals surface area contributed by atoms with Crippen LogP contribution < -0.4 is 5.73 Å². The number of amides is 1. The molecule has 0 heterocycles. The molecule has 0 saturated carbocycles. The lowest BCUT2D eigenvalue weighted by Crippen LogP contribution is -2.37. The number of halogens is 1. The van der Waals surface area contributed by atoms with Crippen molar-refractivity contribution in [3.8, 4) is 0 Å². The second kappa shape index (κ2) is 5.34. The van der Waals surface area contributed by atoms with Crippen LogP contribution in [0.3, 0.4) is 0 Å². The molecule has 0 aliphatic carbocycles. The van der Waals surface area contributed by atoms with Gasteiger partial charge in [-0.2, -0.15) is 0 Å². The summed E-state index contributed by atoms with van der Waals surface area (Å²) in [6.45, 7) is 6.64. The smallest absolute Gasteiger partial charge is 0.256 e. The number of benzene rings is 1. The summed E-state index contributed by atoms with van der Waals surface area (Å²) >= 11 is 3.35. The predicted octanol–water partition coefficient (Wildman–Crippen LogP) is 2.90. The lowest BCUT2D eigenvalue weighted by atomic mass is 10.1. The number of hydrogen-bond donors (Lipinski definition) is 1. The normalized spacial score (nSPS) is 10.6. The summed E-state index contributed by atoms with van der Waals surface area (Å²) < 4.78 is 0.866. The molecule has 0 bridgehead atoms. The molecule has 1 aromatic rings. The first kappa shape index (κ1) is 13.0. The van der Waals surface area contributed by atoms with Crippen molar-refractivity contribution in [1.82, 2.24) is 4.90 Å². The number of nitrogens with zero attached hydrogens (tertiary/aromatic N) is 1. The van der Waals surface area contributed by atoms with Gasteiger partial charge in [0.25, 0.3) is 5.91 Å². The first-order chi connectivity index (χ1) is 7.47. The lowest BCUT2D eigenvalue weighted by molar-refractivity contribution is 0.0718. The number of carbonyl (C=O) groups excluding carboxylic acids is 1. The molecule has 0 radical (unpaired) electrons. The molecule has 2 N–H and O–H groups in total. The molecule has 0 fully saturated rings. The average molecular weight is 285 g/mol. The first-order valence-electron chi connectivity index (χ1n) is 5.33. The zero-order valence-corrected chi connectivity index (χ0v) is 11.4. The Morgan fingerprint density at radius 1 is 1.50 bits per heavy atom. The Balaban J connectivity index is 3.08. The van der Waals surface area contributed by atoms with Crippen molar-refractivity contribution in [2.45, 2.75) is 26.8 Å². The topological polar surface area (TPSA) is 46.3 Å². The van der Waals surface area contributed by atoms with E-state index in [0.717, 1.165) is 4.47 Å². The van der Waals surface area contributed by atoms with Crippen LogP contribution >= 0.6 is 15.9 Å². The molecule has 4 heteroatoms. The highest BCUT2D eigenvalue weighted by molar-refractivity contribution is 9.10. The van der Waals surface area contributed by atoms with Gasteiger partial charge in [0.2, 0.25) is 0 Å². The van der Waals surface area contributed by atoms with Crippen LogP contribution in [0.15, 0.2) is 22.7 Å². The summed E-state index contributed by atoms with van der Waals surface area (Å²) in [4.78, 5) is 14.0. The monoisotopic (exact) mass is 284 g/mol. The second-order valence-electron chi connectivity index (χ2n) is 3.92. The number of carbonyl (C=O) groups is 1. The minimum absolute atomic E-state index is 0.0173. The van der Waals surface area contributed by atoms with Gasteiger partial charge in [-0.15, -0.1) is 0 Å². The van der Waals surface area contributed by atoms with Gasteiger partial charge in [-0.25, -0.2) is 0 Å². The third kappa shape index (κ3) is 2.76. The second-order valence-corrected chi connectivity index (χ2v) is 4.83. The quantitative estimate of drug-likeness (QED) is 0.868. The Morgan fingerprint density at radius 2 is 2.12 bits per heavy atom. The van der Waals surface area contributed by atoms with Gasteiger partial charge < -0.3 is 10.6 Å². The van der Waals surface area contributed by atoms with Crippen molar-refractivity contribution in [1.29, 1.82) is 0 Å². The summed E-state index contributed by atoms with van der Waals surface area (Å²) in [5.74, 6) is -0.0173. The largest absolute Gasteiger partial charge is 0.398 e. The molecule has 0 spiro atoms. The molecular formula is C12H17BrN2O. The average Bonchev–Trinajstić information content (AvgIpc) is 2.22. The Hall–Kier alpha value is -1.03. The fraction of sp³-hybridized carbons (Fsp3) is 0.417. The van der Waals surface area contributed by atoms with E-state index in [2.05, 4.69) is 15.9 Å². The highest BCUT2D eigenvalue weighted by Crippen LogP contribution is 2.20. The molecule has 16 heavy (non-hydrogen) atoms. The number of hydrogen-bond acceptors (Lipinski definition) is 2. The van der Waals surface area contributed by atoms with Gasteiger partial charge in [0.15, 0.2) is 0 Å². The van der Waals surface area contributed by atoms with Crippen LogP contribution in [0.5, 0.6) is 0 Å². The lowest BCUT2D eigenvalue weighted by Gasteiger charge is -2.25. The standard InChI is InChI=1S/C12H17BrN2O/c1-4-15(8(2)3)12(16)10-7-9(13)5-6-11(10)14/h5-8H,4,14H2,1-3H3. The Morgan fingerprint density at radius 3 is 2.62 bits per heavy atom. The van der Waals surface area contributed by atoms with Crippen molar-refractivity contribution >= 4 is 27.5 Å². The van der Waals surface area contributed by atoms with Crippen LogP contribution in [0.2, 0.25) is 0 Å². The summed E-state index contributed by atoms with van der Waals surface area (Å²) in [6, 6.07) is 5.52. The molecule has 1 aromatic carbocycles. The Kier molecular flexibility index (Phi) is 4.35. The molecule has 0 aliphatic rings. The van der Waals surface area contributed by atoms with Crippen molar-refractivity contribution in [2.24, 2.45) is 0 Å². The fourth-order valence-corrected chi connectivity index (χ4v) is 1.97. The maximum atomic E-state index is 12.2. The van der Waals surface area contributed by atoms with Crippen LogP contribution in [0.4, 0.5) is 5.69 Å². The predicted molar refractivity (Wildman–Crippen MR) is 70.4 cm³/mol. The molecular weight excluding hydrogens is 268 g/mol. The molecule has 0 unspecified atom stereocenters. The summed E-state index contributed by atoms with van der Waals surface area (Å²) in [5.41, 5.74) is 6.90. The van der Waals surface area contributed by atoms with Crippen LogP contribution in [-0.4, -0.2) is 23.4 Å². The molecule has 0 atom stereocenters. The van der Waals surface area contributed by atoms with Crippen molar-refractivity contribution in [3.05, 3.63) is 28.2 Å². The fourth-order valence-electron chi connectivity index (χ4n) is 1.61. The van der Waals surface area contributed by atoms with Crippen molar-refractivity contribution in [2.75, 3.05) is 12.3 Å². The van der Waals surface area contributed by atoms with Gasteiger partial charge in [-0.3, -0.25) is 4.79 Å². The SMILES string of the molecule is CCN(C(=O)c1cc(Br)ccc1N)C(C)C. The van der Waals surface area contributed by atoms with E-state index in [-0.39, 0.29) is 11.9 Å². The van der Waals surface area contributed by atoms with E-state index in [1.165, 1.54) is 0 Å². The molecule has 1 rings (SSSR count). The number of nitrogen functional groups attached to an aromatic ring is 1. The van der Waals surface area contributed by atoms with Crippen molar-refractivity contribution < 1.29 is 4.79 Å². The molecule has 0 aromatic heterocycles. The summed E-state index contributed by atoms with van der Waals surface area (Å²) in [7, 11) is 0. The minimum Gasteiger partial charge on any atom is -0.398 e. The third-order valence-corrected chi connectivity index (χ3v) is 2.96. The summed E-state index contributed by atoms with van der Waals surface area (Å²) in [5, 5.41) is 0. The maximum absolute atomic E-state index is 12.2. The zero-order valence-electron chi connectivity index (χ0n) is 9.83. The Labute approximate surface area is 105 Å². The van der Waals surface area contributed by atoms with E-state index in [9.17, 15) is 4.79 Å². The van der Waals surface area contributed by atoms with Crippen LogP contribution in [-0.2, 0) is 0 Å². The van der Waals surface area contributed by atoms with Gasteiger partial charge >= 0.3 is 0 Å². The van der Waals surface area contributed by atoms with E-state index < -0.39 is 0 Å². The molecule has 0 aliphatic heterocycles. The third-order valence-electron chi connectivity index (χ3n) is 2.47. The zero-order chi connectivity index (χ0) is 12.3. The van der Waals surface area contributed by atoms with Gasteiger partial charge in [-0.1, -0.05) is 15.9 Å². The van der Waals surface area contributed by atoms with E-state index in [0.29, 0.717) is 17.8 Å². The molecule has 1 amide bonds. The van der Waals surface area contributed by atoms with E-state index >= 15 is 0 Å². The Bertz CT molecular complexity index is 391. The van der Waals surface area contributed by atoms with Crippen molar-refractivity contribution in [3.63, 3.8) is 0 Å². The van der Waals surface area contributed by atoms with Crippen LogP contribution in [0, 0.1) is 0 Å². The van der Waals surface area contributed by atoms with Gasteiger partial charge in [0, 0.05) is 22.7 Å².